The van der Waals surface area contributed by atoms with Gasteiger partial charge in [0.05, 0.1) is 11.4 Å². The highest BCUT2D eigenvalue weighted by Crippen LogP contribution is 2.36. The summed E-state index contributed by atoms with van der Waals surface area (Å²) in [5.41, 5.74) is -0.576. The Labute approximate surface area is 201 Å². The van der Waals surface area contributed by atoms with Crippen LogP contribution in [0.25, 0.3) is 0 Å². The van der Waals surface area contributed by atoms with Gasteiger partial charge in [0.15, 0.2) is 0 Å². The third kappa shape index (κ3) is 6.89. The van der Waals surface area contributed by atoms with Gasteiger partial charge in [0.1, 0.15) is 6.04 Å². The lowest BCUT2D eigenvalue weighted by atomic mass is 9.74. The van der Waals surface area contributed by atoms with Crippen LogP contribution < -0.4 is 9.62 Å². The maximum atomic E-state index is 12.9. The second-order valence-corrected chi connectivity index (χ2v) is 11.3. The van der Waals surface area contributed by atoms with Gasteiger partial charge < -0.3 is 20.0 Å². The lowest BCUT2D eigenvalue weighted by Gasteiger charge is -2.40. The van der Waals surface area contributed by atoms with E-state index in [4.69, 9.17) is 0 Å². The normalized spacial score (nSPS) is 24.6. The van der Waals surface area contributed by atoms with Gasteiger partial charge in [-0.15, -0.1) is 0 Å². The summed E-state index contributed by atoms with van der Waals surface area (Å²) in [4.78, 5) is 32.8. The molecule has 3 N–H and O–H groups in total. The number of hydrogen-bond donors (Lipinski definition) is 3. The number of rotatable bonds is 10. The van der Waals surface area contributed by atoms with Crippen molar-refractivity contribution in [3.63, 3.8) is 0 Å². The monoisotopic (exact) mass is 496 g/mol. The molecule has 2 fully saturated rings. The second kappa shape index (κ2) is 11.5. The smallest absolute Gasteiger partial charge is 0.324 e. The molecule has 0 aromatic carbocycles. The van der Waals surface area contributed by atoms with E-state index in [1.165, 1.54) is 0 Å². The van der Waals surface area contributed by atoms with Gasteiger partial charge in [-0.1, -0.05) is 13.3 Å². The number of pyridine rings is 1. The Morgan fingerprint density at radius 2 is 1.79 bits per heavy atom. The first-order valence-electron chi connectivity index (χ1n) is 12.0. The van der Waals surface area contributed by atoms with Crippen molar-refractivity contribution < 1.29 is 28.2 Å². The average molecular weight is 497 g/mol. The van der Waals surface area contributed by atoms with Gasteiger partial charge in [-0.05, 0) is 50.2 Å². The van der Waals surface area contributed by atoms with E-state index >= 15 is 0 Å². The lowest BCUT2D eigenvalue weighted by molar-refractivity contribution is -0.149. The molecule has 1 aromatic heterocycles. The third-order valence-corrected chi connectivity index (χ3v) is 8.36. The van der Waals surface area contributed by atoms with E-state index in [0.717, 1.165) is 18.8 Å². The van der Waals surface area contributed by atoms with Gasteiger partial charge >= 0.3 is 5.97 Å². The van der Waals surface area contributed by atoms with Crippen molar-refractivity contribution in [2.24, 2.45) is 5.92 Å². The van der Waals surface area contributed by atoms with E-state index in [9.17, 15) is 28.2 Å². The number of carboxylic acid groups (broad SMARTS) is 1. The van der Waals surface area contributed by atoms with Crippen molar-refractivity contribution in [1.29, 1.82) is 0 Å². The number of amides is 1. The Morgan fingerprint density at radius 3 is 2.35 bits per heavy atom. The van der Waals surface area contributed by atoms with Crippen molar-refractivity contribution >= 4 is 27.6 Å². The average Bonchev–Trinajstić information content (AvgIpc) is 2.83. The first kappa shape index (κ1) is 26.4. The standard InChI is InChI=1S/C23H36N4O6S/c1-2-3-16-34(32,33)25-21(22(29)30)23(31)8-4-18(5-9-23)17-20(28)27-14-12-26(13-15-27)19-6-10-24-11-7-19/h6-7,10-11,18,21,25,31H,2-5,8-9,12-17H2,1H3,(H,29,30). The van der Waals surface area contributed by atoms with Gasteiger partial charge in [-0.3, -0.25) is 14.6 Å². The molecule has 0 bridgehead atoms. The number of aromatic nitrogens is 1. The van der Waals surface area contributed by atoms with Crippen LogP contribution in [0.2, 0.25) is 0 Å². The molecular weight excluding hydrogens is 460 g/mol. The minimum absolute atomic E-state index is 0.0390. The number of piperazine rings is 1. The van der Waals surface area contributed by atoms with Crippen molar-refractivity contribution in [3.05, 3.63) is 24.5 Å². The zero-order valence-electron chi connectivity index (χ0n) is 19.7. The number of nitrogens with zero attached hydrogens (tertiary/aromatic N) is 3. The van der Waals surface area contributed by atoms with Gasteiger partial charge in [-0.25, -0.2) is 8.42 Å². The van der Waals surface area contributed by atoms with E-state index in [-0.39, 0.29) is 30.4 Å². The minimum Gasteiger partial charge on any atom is -0.480 e. The summed E-state index contributed by atoms with van der Waals surface area (Å²) >= 11 is 0. The van der Waals surface area contributed by atoms with Crippen LogP contribution in [0.15, 0.2) is 24.5 Å². The molecule has 1 saturated carbocycles. The fourth-order valence-electron chi connectivity index (χ4n) is 4.78. The Balaban J connectivity index is 1.49. The topological polar surface area (TPSA) is 140 Å². The highest BCUT2D eigenvalue weighted by Gasteiger charge is 2.46. The predicted molar refractivity (Wildman–Crippen MR) is 128 cm³/mol. The number of hydrogen-bond acceptors (Lipinski definition) is 7. The van der Waals surface area contributed by atoms with Gasteiger partial charge in [0, 0.05) is 50.7 Å². The number of anilines is 1. The molecule has 1 atom stereocenters. The zero-order valence-corrected chi connectivity index (χ0v) is 20.5. The molecule has 0 radical (unpaired) electrons. The molecule has 190 valence electrons. The molecule has 1 saturated heterocycles. The second-order valence-electron chi connectivity index (χ2n) is 9.39. The fourth-order valence-corrected chi connectivity index (χ4v) is 6.24. The van der Waals surface area contributed by atoms with Crippen LogP contribution in [0.4, 0.5) is 5.69 Å². The van der Waals surface area contributed by atoms with Crippen molar-refractivity contribution in [2.75, 3.05) is 36.8 Å². The van der Waals surface area contributed by atoms with Crippen molar-refractivity contribution in [2.45, 2.75) is 63.5 Å². The SMILES string of the molecule is CCCCS(=O)(=O)NC(C(=O)O)C1(O)CCC(CC(=O)N2CCN(c3ccncc3)CC2)CC1. The quantitative estimate of drug-likeness (QED) is 0.439. The summed E-state index contributed by atoms with van der Waals surface area (Å²) in [6, 6.07) is 2.32. The van der Waals surface area contributed by atoms with Crippen LogP contribution >= 0.6 is 0 Å². The number of unbranched alkanes of at least 4 members (excludes halogenated alkanes) is 1. The van der Waals surface area contributed by atoms with Crippen LogP contribution in [-0.2, 0) is 19.6 Å². The number of sulfonamides is 1. The van der Waals surface area contributed by atoms with Crippen molar-refractivity contribution in [3.8, 4) is 0 Å². The van der Waals surface area contributed by atoms with Gasteiger partial charge in [0.2, 0.25) is 15.9 Å². The maximum absolute atomic E-state index is 12.9. The first-order chi connectivity index (χ1) is 16.1. The van der Waals surface area contributed by atoms with Crippen LogP contribution in [-0.4, -0.2) is 84.0 Å². The minimum atomic E-state index is -3.81. The molecule has 1 aliphatic heterocycles. The number of nitrogens with one attached hydrogen (secondary N) is 1. The third-order valence-electron chi connectivity index (χ3n) is 6.94. The summed E-state index contributed by atoms with van der Waals surface area (Å²) in [5.74, 6) is -1.45. The molecule has 1 aromatic rings. The largest absolute Gasteiger partial charge is 0.480 e. The van der Waals surface area contributed by atoms with Gasteiger partial charge in [0.25, 0.3) is 0 Å². The molecule has 1 unspecified atom stereocenters. The van der Waals surface area contributed by atoms with E-state index in [1.54, 1.807) is 12.4 Å². The van der Waals surface area contributed by atoms with Gasteiger partial charge in [-0.2, -0.15) is 4.72 Å². The number of aliphatic hydroxyl groups is 1. The predicted octanol–water partition coefficient (Wildman–Crippen LogP) is 1.21. The Kier molecular flexibility index (Phi) is 8.89. The number of carbonyl (C=O) groups excluding carboxylic acids is 1. The zero-order chi connectivity index (χ0) is 24.8. The summed E-state index contributed by atoms with van der Waals surface area (Å²) in [6.45, 7) is 4.62. The summed E-state index contributed by atoms with van der Waals surface area (Å²) in [5, 5.41) is 20.6. The maximum Gasteiger partial charge on any atom is 0.324 e. The lowest BCUT2D eigenvalue weighted by Crippen LogP contribution is -2.58. The Morgan fingerprint density at radius 1 is 1.18 bits per heavy atom. The van der Waals surface area contributed by atoms with E-state index in [0.29, 0.717) is 45.2 Å². The fraction of sp³-hybridized carbons (Fsp3) is 0.696. The first-order valence-corrected chi connectivity index (χ1v) is 13.7. The van der Waals surface area contributed by atoms with E-state index in [1.807, 2.05) is 24.0 Å². The van der Waals surface area contributed by atoms with E-state index in [2.05, 4.69) is 14.6 Å². The van der Waals surface area contributed by atoms with Crippen LogP contribution in [0.3, 0.4) is 0 Å². The molecule has 2 heterocycles. The number of carboxylic acids is 1. The van der Waals surface area contributed by atoms with Crippen molar-refractivity contribution in [1.82, 2.24) is 14.6 Å². The molecule has 1 aliphatic carbocycles. The molecule has 34 heavy (non-hydrogen) atoms. The molecule has 3 rings (SSSR count). The number of carbonyl (C=O) groups is 2. The number of aliphatic carboxylic acids is 1. The van der Waals surface area contributed by atoms with Crippen LogP contribution in [0.1, 0.15) is 51.9 Å². The Bertz CT molecular complexity index is 926. The highest BCUT2D eigenvalue weighted by atomic mass is 32.2. The molecule has 11 heteroatoms. The van der Waals surface area contributed by atoms with E-state index < -0.39 is 27.6 Å². The van der Waals surface area contributed by atoms with Crippen LogP contribution in [0, 0.1) is 5.92 Å². The summed E-state index contributed by atoms with van der Waals surface area (Å²) in [6.07, 6.45) is 6.15. The summed E-state index contributed by atoms with van der Waals surface area (Å²) < 4.78 is 26.7. The Hall–Kier alpha value is -2.24. The molecular formula is C23H36N4O6S. The summed E-state index contributed by atoms with van der Waals surface area (Å²) in [7, 11) is -3.81. The molecule has 10 nitrogen and oxygen atoms in total. The molecule has 1 amide bonds. The molecule has 0 spiro atoms. The van der Waals surface area contributed by atoms with Crippen LogP contribution in [0.5, 0.6) is 0 Å². The highest BCUT2D eigenvalue weighted by molar-refractivity contribution is 7.89. The molecule has 2 aliphatic rings.